The Morgan fingerprint density at radius 3 is 2.96 bits per heavy atom. The van der Waals surface area contributed by atoms with Gasteiger partial charge in [-0.3, -0.25) is 9.89 Å². The third-order valence-corrected chi connectivity index (χ3v) is 6.80. The molecule has 0 bridgehead atoms. The van der Waals surface area contributed by atoms with E-state index in [4.69, 9.17) is 12.2 Å². The number of rotatable bonds is 3. The zero-order valence-electron chi connectivity index (χ0n) is 13.6. The van der Waals surface area contributed by atoms with Gasteiger partial charge in [0, 0.05) is 11.9 Å². The molecule has 128 valence electrons. The van der Waals surface area contributed by atoms with Gasteiger partial charge in [-0.2, -0.15) is 5.10 Å². The highest BCUT2D eigenvalue weighted by atomic mass is 32.2. The maximum absolute atomic E-state index is 12.6. The van der Waals surface area contributed by atoms with Crippen LogP contribution in [0.25, 0.3) is 10.7 Å². The van der Waals surface area contributed by atoms with Crippen LogP contribution in [0.3, 0.4) is 0 Å². The Bertz CT molecular complexity index is 994. The van der Waals surface area contributed by atoms with E-state index in [-0.39, 0.29) is 11.2 Å². The van der Waals surface area contributed by atoms with Crippen LogP contribution >= 0.6 is 35.3 Å². The average Bonchev–Trinajstić information content (AvgIpc) is 3.26. The lowest BCUT2D eigenvalue weighted by atomic mass is 10.1. The molecule has 4 rings (SSSR count). The Balaban J connectivity index is 1.53. The number of nitrogens with one attached hydrogen (secondary N) is 2. The maximum Gasteiger partial charge on any atom is 0.239 e. The van der Waals surface area contributed by atoms with Crippen molar-refractivity contribution in [3.8, 4) is 10.7 Å². The van der Waals surface area contributed by atoms with Crippen LogP contribution in [0.15, 0.2) is 29.2 Å². The summed E-state index contributed by atoms with van der Waals surface area (Å²) in [6.07, 6.45) is 0.748. The van der Waals surface area contributed by atoms with E-state index in [2.05, 4.69) is 32.6 Å². The molecule has 0 fully saturated rings. The van der Waals surface area contributed by atoms with Crippen LogP contribution < -0.4 is 5.32 Å². The molecule has 1 atom stereocenters. The van der Waals surface area contributed by atoms with E-state index in [9.17, 15) is 4.79 Å². The van der Waals surface area contributed by atoms with Crippen LogP contribution in [-0.2, 0) is 18.3 Å². The number of aryl methyl sites for hydroxylation is 1. The molecule has 1 aromatic carbocycles. The van der Waals surface area contributed by atoms with Gasteiger partial charge < -0.3 is 9.88 Å². The van der Waals surface area contributed by atoms with Crippen molar-refractivity contribution in [3.63, 3.8) is 0 Å². The number of thioether (sulfide) groups is 1. The fourth-order valence-electron chi connectivity index (χ4n) is 2.72. The Morgan fingerprint density at radius 1 is 1.44 bits per heavy atom. The lowest BCUT2D eigenvalue weighted by Crippen LogP contribution is -2.24. The molecule has 0 radical (unpaired) electrons. The summed E-state index contributed by atoms with van der Waals surface area (Å²) in [4.78, 5) is 19.2. The van der Waals surface area contributed by atoms with Gasteiger partial charge in [0.25, 0.3) is 0 Å². The first-order chi connectivity index (χ1) is 12.0. The summed E-state index contributed by atoms with van der Waals surface area (Å²) >= 11 is 8.17. The topological polar surface area (TPSA) is 75.6 Å². The van der Waals surface area contributed by atoms with E-state index >= 15 is 0 Å². The number of thiazole rings is 1. The second kappa shape index (κ2) is 6.40. The number of amides is 1. The summed E-state index contributed by atoms with van der Waals surface area (Å²) in [6.45, 7) is 1.90. The largest absolute Gasteiger partial charge is 0.303 e. The van der Waals surface area contributed by atoms with Crippen molar-refractivity contribution >= 4 is 46.4 Å². The molecule has 1 aliphatic rings. The number of H-pyrrole nitrogens is 1. The summed E-state index contributed by atoms with van der Waals surface area (Å²) in [5.74, 6) is 0.708. The molecule has 2 aromatic heterocycles. The predicted octanol–water partition coefficient (Wildman–Crippen LogP) is 3.57. The molecule has 0 saturated carbocycles. The van der Waals surface area contributed by atoms with Crippen molar-refractivity contribution in [2.75, 3.05) is 5.32 Å². The normalized spacial score (nSPS) is 16.0. The fourth-order valence-corrected chi connectivity index (χ4v) is 5.04. The van der Waals surface area contributed by atoms with Crippen molar-refractivity contribution in [2.45, 2.75) is 23.5 Å². The minimum atomic E-state index is -0.120. The molecule has 0 saturated heterocycles. The van der Waals surface area contributed by atoms with Crippen LogP contribution in [0.5, 0.6) is 0 Å². The number of anilines is 1. The van der Waals surface area contributed by atoms with Crippen molar-refractivity contribution in [1.29, 1.82) is 0 Å². The third kappa shape index (κ3) is 3.03. The highest BCUT2D eigenvalue weighted by Crippen LogP contribution is 2.38. The number of aromatic nitrogens is 4. The monoisotopic (exact) mass is 389 g/mol. The molecular weight excluding hydrogens is 374 g/mol. The number of aromatic amines is 1. The zero-order valence-corrected chi connectivity index (χ0v) is 16.0. The fraction of sp³-hybridized carbons (Fsp3) is 0.250. The van der Waals surface area contributed by atoms with Gasteiger partial charge in [0.15, 0.2) is 15.7 Å². The molecule has 3 heterocycles. The van der Waals surface area contributed by atoms with Gasteiger partial charge in [0.05, 0.1) is 15.8 Å². The lowest BCUT2D eigenvalue weighted by molar-refractivity contribution is -0.115. The Hall–Kier alpha value is -1.97. The summed E-state index contributed by atoms with van der Waals surface area (Å²) < 4.78 is 2.35. The van der Waals surface area contributed by atoms with E-state index in [1.165, 1.54) is 21.8 Å². The van der Waals surface area contributed by atoms with Gasteiger partial charge in [0.2, 0.25) is 5.91 Å². The smallest absolute Gasteiger partial charge is 0.239 e. The van der Waals surface area contributed by atoms with Gasteiger partial charge in [-0.05, 0) is 37.2 Å². The summed E-state index contributed by atoms with van der Waals surface area (Å²) in [7, 11) is 1.85. The van der Waals surface area contributed by atoms with Crippen LogP contribution in [0.1, 0.15) is 11.3 Å². The second-order valence-electron chi connectivity index (χ2n) is 5.75. The first kappa shape index (κ1) is 16.5. The Labute approximate surface area is 157 Å². The zero-order chi connectivity index (χ0) is 17.6. The molecule has 25 heavy (non-hydrogen) atoms. The van der Waals surface area contributed by atoms with Gasteiger partial charge in [0.1, 0.15) is 0 Å². The Morgan fingerprint density at radius 2 is 2.24 bits per heavy atom. The number of nitrogens with zero attached hydrogens (tertiary/aromatic N) is 3. The van der Waals surface area contributed by atoms with Gasteiger partial charge in [-0.25, -0.2) is 4.98 Å². The second-order valence-corrected chi connectivity index (χ2v) is 8.38. The molecule has 3 aromatic rings. The standard InChI is InChI=1S/C16H15N5OS3/c1-8-12(13-19-20-16(23)21(13)2)25-15(17-8)18-14(22)11-7-9-5-3-4-6-10(9)24-11/h3-6,11H,7H2,1-2H3,(H,20,23)(H,17,18,22)/t11-/m1/s1. The Kier molecular flexibility index (Phi) is 4.22. The minimum Gasteiger partial charge on any atom is -0.303 e. The van der Waals surface area contributed by atoms with E-state index in [0.29, 0.717) is 9.90 Å². The molecule has 6 nitrogen and oxygen atoms in total. The van der Waals surface area contributed by atoms with E-state index < -0.39 is 0 Å². The third-order valence-electron chi connectivity index (χ3n) is 4.05. The van der Waals surface area contributed by atoms with Gasteiger partial charge in [-0.15, -0.1) is 11.8 Å². The van der Waals surface area contributed by atoms with Gasteiger partial charge >= 0.3 is 0 Å². The average molecular weight is 390 g/mol. The van der Waals surface area contributed by atoms with E-state index in [1.807, 2.05) is 26.1 Å². The minimum absolute atomic E-state index is 0.0168. The summed E-state index contributed by atoms with van der Waals surface area (Å²) in [5, 5.41) is 10.4. The number of carbonyl (C=O) groups is 1. The number of fused-ring (bicyclic) bond motifs is 1. The first-order valence-electron chi connectivity index (χ1n) is 7.67. The molecule has 0 aliphatic carbocycles. The molecule has 1 aliphatic heterocycles. The molecule has 1 amide bonds. The molecular formula is C16H15N5OS3. The highest BCUT2D eigenvalue weighted by Gasteiger charge is 2.28. The highest BCUT2D eigenvalue weighted by molar-refractivity contribution is 8.01. The molecule has 9 heteroatoms. The van der Waals surface area contributed by atoms with E-state index in [1.54, 1.807) is 16.3 Å². The lowest BCUT2D eigenvalue weighted by Gasteiger charge is -2.07. The maximum atomic E-state index is 12.6. The van der Waals surface area contributed by atoms with Gasteiger partial charge in [-0.1, -0.05) is 29.5 Å². The number of hydrogen-bond donors (Lipinski definition) is 2. The van der Waals surface area contributed by atoms with Crippen LogP contribution in [0, 0.1) is 11.7 Å². The molecule has 0 unspecified atom stereocenters. The summed E-state index contributed by atoms with van der Waals surface area (Å²) in [5.41, 5.74) is 2.05. The van der Waals surface area contributed by atoms with Crippen molar-refractivity contribution in [2.24, 2.45) is 7.05 Å². The number of hydrogen-bond acceptors (Lipinski definition) is 6. The SMILES string of the molecule is Cc1nc(NC(=O)[C@H]2Cc3ccccc3S2)sc1-c1n[nH]c(=S)n1C. The van der Waals surface area contributed by atoms with Crippen molar-refractivity contribution < 1.29 is 4.79 Å². The van der Waals surface area contributed by atoms with Crippen LogP contribution in [0.2, 0.25) is 0 Å². The number of benzene rings is 1. The molecule has 2 N–H and O–H groups in total. The molecule has 0 spiro atoms. The predicted molar refractivity (Wildman–Crippen MR) is 103 cm³/mol. The van der Waals surface area contributed by atoms with Crippen LogP contribution in [0.4, 0.5) is 5.13 Å². The van der Waals surface area contributed by atoms with E-state index in [0.717, 1.165) is 22.8 Å². The summed E-state index contributed by atoms with van der Waals surface area (Å²) in [6, 6.07) is 8.14. The van der Waals surface area contributed by atoms with Crippen LogP contribution in [-0.4, -0.2) is 30.9 Å². The van der Waals surface area contributed by atoms with Crippen molar-refractivity contribution in [3.05, 3.63) is 40.3 Å². The quantitative estimate of drug-likeness (QED) is 0.670. The van der Waals surface area contributed by atoms with Crippen molar-refractivity contribution in [1.82, 2.24) is 19.7 Å². The number of carbonyl (C=O) groups excluding carboxylic acids is 1. The first-order valence-corrected chi connectivity index (χ1v) is 9.78.